The molecule has 1 aliphatic rings. The fourth-order valence-electron chi connectivity index (χ4n) is 2.74. The van der Waals surface area contributed by atoms with Gasteiger partial charge in [0.1, 0.15) is 6.73 Å². The average molecular weight is 469 g/mol. The van der Waals surface area contributed by atoms with Crippen molar-refractivity contribution in [3.05, 3.63) is 4.73 Å². The van der Waals surface area contributed by atoms with Gasteiger partial charge in [-0.15, -0.1) is 5.10 Å². The number of halogens is 1. The number of aromatic nitrogens is 3. The molecule has 1 N–H and O–H groups in total. The molecule has 1 aromatic rings. The smallest absolute Gasteiger partial charge is 0.278 e. The van der Waals surface area contributed by atoms with Crippen LogP contribution in [0.2, 0.25) is 25.7 Å². The van der Waals surface area contributed by atoms with Gasteiger partial charge in [0, 0.05) is 33.7 Å². The number of nitrogens with zero attached hydrogens (tertiary/aromatic N) is 4. The largest absolute Gasteiger partial charge is 0.390 e. The highest BCUT2D eigenvalue weighted by molar-refractivity contribution is 9.10. The van der Waals surface area contributed by atoms with E-state index in [-0.39, 0.29) is 29.1 Å². The van der Waals surface area contributed by atoms with E-state index < -0.39 is 23.7 Å². The summed E-state index contributed by atoms with van der Waals surface area (Å²) in [5.41, 5.74) is -0.918. The minimum atomic E-state index is -3.80. The maximum absolute atomic E-state index is 13.0. The van der Waals surface area contributed by atoms with Crippen molar-refractivity contribution >= 4 is 34.0 Å². The molecule has 2 rings (SSSR count). The first-order valence-electron chi connectivity index (χ1n) is 8.71. The highest BCUT2D eigenvalue weighted by Gasteiger charge is 2.41. The van der Waals surface area contributed by atoms with Crippen LogP contribution in [0, 0.1) is 5.92 Å². The van der Waals surface area contributed by atoms with Crippen LogP contribution in [0.5, 0.6) is 0 Å². The number of ether oxygens (including phenoxy) is 1. The summed E-state index contributed by atoms with van der Waals surface area (Å²) in [7, 11) is -5.01. The molecule has 1 unspecified atom stereocenters. The molecule has 1 fully saturated rings. The zero-order chi connectivity index (χ0) is 19.8. The van der Waals surface area contributed by atoms with Gasteiger partial charge in [0.25, 0.3) is 15.2 Å². The molecule has 1 aromatic heterocycles. The van der Waals surface area contributed by atoms with Crippen molar-refractivity contribution in [2.45, 2.75) is 63.4 Å². The van der Waals surface area contributed by atoms with E-state index in [1.807, 2.05) is 0 Å². The molecule has 26 heavy (non-hydrogen) atoms. The minimum absolute atomic E-state index is 0.0421. The molecule has 2 heterocycles. The van der Waals surface area contributed by atoms with E-state index in [0.29, 0.717) is 19.6 Å². The van der Waals surface area contributed by atoms with Gasteiger partial charge in [-0.05, 0) is 42.2 Å². The number of hydrogen-bond acceptors (Lipinski definition) is 6. The molecule has 0 spiro atoms. The van der Waals surface area contributed by atoms with Crippen LogP contribution in [-0.4, -0.2) is 66.0 Å². The van der Waals surface area contributed by atoms with Gasteiger partial charge in [0.15, 0.2) is 0 Å². The van der Waals surface area contributed by atoms with Crippen molar-refractivity contribution in [2.24, 2.45) is 5.92 Å². The van der Waals surface area contributed by atoms with Crippen molar-refractivity contribution < 1.29 is 18.3 Å². The second-order valence-corrected chi connectivity index (χ2v) is 16.7. The lowest BCUT2D eigenvalue weighted by atomic mass is 9.91. The summed E-state index contributed by atoms with van der Waals surface area (Å²) in [6.07, 6.45) is 0.616. The van der Waals surface area contributed by atoms with Crippen LogP contribution >= 0.6 is 15.9 Å². The summed E-state index contributed by atoms with van der Waals surface area (Å²) in [5, 5.41) is 14.1. The number of aliphatic hydroxyl groups is 1. The summed E-state index contributed by atoms with van der Waals surface area (Å²) >= 11 is 3.15. The van der Waals surface area contributed by atoms with Gasteiger partial charge in [-0.2, -0.15) is 9.29 Å². The standard InChI is InChI=1S/C15H29BrN4O4SSi/c1-15(2,21)12-6-7-19(10-12)25(22,23)14-17-13(16)18-20(14)11-24-8-9-26(3,4)5/h12,21H,6-11H2,1-5H3. The van der Waals surface area contributed by atoms with E-state index in [0.717, 1.165) is 6.04 Å². The summed E-state index contributed by atoms with van der Waals surface area (Å²) in [6.45, 7) is 11.4. The van der Waals surface area contributed by atoms with E-state index in [1.54, 1.807) is 13.8 Å². The Morgan fingerprint density at radius 1 is 1.38 bits per heavy atom. The molecule has 1 atom stereocenters. The molecule has 0 radical (unpaired) electrons. The molecular formula is C15H29BrN4O4SSi. The molecule has 8 nitrogen and oxygen atoms in total. The lowest BCUT2D eigenvalue weighted by molar-refractivity contribution is 0.0236. The van der Waals surface area contributed by atoms with Crippen molar-refractivity contribution in [1.82, 2.24) is 19.1 Å². The first-order valence-corrected chi connectivity index (χ1v) is 14.7. The van der Waals surface area contributed by atoms with Crippen LogP contribution < -0.4 is 0 Å². The van der Waals surface area contributed by atoms with E-state index in [9.17, 15) is 13.5 Å². The number of sulfonamides is 1. The summed E-state index contributed by atoms with van der Waals surface area (Å²) < 4.78 is 34.5. The Hall–Kier alpha value is -0.333. The lowest BCUT2D eigenvalue weighted by Crippen LogP contribution is -2.36. The molecule has 0 aromatic carbocycles. The molecule has 1 saturated heterocycles. The average Bonchev–Trinajstić information content (AvgIpc) is 3.09. The van der Waals surface area contributed by atoms with Crippen LogP contribution in [0.3, 0.4) is 0 Å². The molecule has 1 aliphatic heterocycles. The molecular weight excluding hydrogens is 440 g/mol. The first kappa shape index (κ1) is 22.0. The summed E-state index contributed by atoms with van der Waals surface area (Å²) in [4.78, 5) is 4.05. The van der Waals surface area contributed by atoms with Crippen LogP contribution in [0.25, 0.3) is 0 Å². The maximum atomic E-state index is 13.0. The van der Waals surface area contributed by atoms with Gasteiger partial charge in [-0.3, -0.25) is 0 Å². The highest BCUT2D eigenvalue weighted by atomic mass is 79.9. The summed E-state index contributed by atoms with van der Waals surface area (Å²) in [5.74, 6) is -0.106. The Morgan fingerprint density at radius 2 is 2.04 bits per heavy atom. The van der Waals surface area contributed by atoms with Gasteiger partial charge in [-0.1, -0.05) is 19.6 Å². The van der Waals surface area contributed by atoms with Gasteiger partial charge >= 0.3 is 0 Å². The van der Waals surface area contributed by atoms with Gasteiger partial charge < -0.3 is 9.84 Å². The second-order valence-electron chi connectivity index (χ2n) is 8.51. The van der Waals surface area contributed by atoms with E-state index in [2.05, 4.69) is 45.7 Å². The third kappa shape index (κ3) is 5.58. The predicted octanol–water partition coefficient (Wildman–Crippen LogP) is 2.13. The minimum Gasteiger partial charge on any atom is -0.390 e. The monoisotopic (exact) mass is 468 g/mol. The lowest BCUT2D eigenvalue weighted by Gasteiger charge is -2.25. The Morgan fingerprint density at radius 3 is 2.58 bits per heavy atom. The Kier molecular flexibility index (Phi) is 6.72. The second kappa shape index (κ2) is 7.96. The fraction of sp³-hybridized carbons (Fsp3) is 0.867. The number of hydrogen-bond donors (Lipinski definition) is 1. The molecule has 0 aliphatic carbocycles. The van der Waals surface area contributed by atoms with Gasteiger partial charge in [0.05, 0.1) is 5.60 Å². The molecule has 0 amide bonds. The number of rotatable bonds is 8. The van der Waals surface area contributed by atoms with Crippen LogP contribution in [0.15, 0.2) is 9.89 Å². The van der Waals surface area contributed by atoms with E-state index in [1.165, 1.54) is 8.99 Å². The molecule has 0 saturated carbocycles. The van der Waals surface area contributed by atoms with Crippen molar-refractivity contribution in [2.75, 3.05) is 19.7 Å². The van der Waals surface area contributed by atoms with Crippen LogP contribution in [-0.2, 0) is 21.5 Å². The normalized spacial score (nSPS) is 20.0. The van der Waals surface area contributed by atoms with E-state index in [4.69, 9.17) is 4.74 Å². The predicted molar refractivity (Wildman–Crippen MR) is 105 cm³/mol. The van der Waals surface area contributed by atoms with Gasteiger partial charge in [0.2, 0.25) is 4.73 Å². The Bertz CT molecular complexity index is 727. The fourth-order valence-corrected chi connectivity index (χ4v) is 5.49. The zero-order valence-electron chi connectivity index (χ0n) is 16.1. The maximum Gasteiger partial charge on any atom is 0.278 e. The molecule has 11 heteroatoms. The van der Waals surface area contributed by atoms with Crippen molar-refractivity contribution in [1.29, 1.82) is 0 Å². The summed E-state index contributed by atoms with van der Waals surface area (Å²) in [6, 6.07) is 0.990. The first-order chi connectivity index (χ1) is 11.8. The molecule has 150 valence electrons. The SMILES string of the molecule is CC(C)(O)C1CCN(S(=O)(=O)c2nc(Br)nn2COCC[Si](C)(C)C)C1. The van der Waals surface area contributed by atoms with Gasteiger partial charge in [-0.25, -0.2) is 13.1 Å². The zero-order valence-corrected chi connectivity index (χ0v) is 19.5. The van der Waals surface area contributed by atoms with Crippen LogP contribution in [0.4, 0.5) is 0 Å². The quantitative estimate of drug-likeness (QED) is 0.463. The Labute approximate surface area is 165 Å². The highest BCUT2D eigenvalue weighted by Crippen LogP contribution is 2.30. The van der Waals surface area contributed by atoms with Crippen LogP contribution in [0.1, 0.15) is 20.3 Å². The Balaban J connectivity index is 2.10. The topological polar surface area (TPSA) is 97.5 Å². The third-order valence-corrected chi connectivity index (χ3v) is 8.36. The molecule has 0 bridgehead atoms. The third-order valence-electron chi connectivity index (χ3n) is 4.54. The van der Waals surface area contributed by atoms with Crippen molar-refractivity contribution in [3.63, 3.8) is 0 Å². The van der Waals surface area contributed by atoms with E-state index >= 15 is 0 Å². The van der Waals surface area contributed by atoms with Crippen molar-refractivity contribution in [3.8, 4) is 0 Å².